The van der Waals surface area contributed by atoms with Crippen LogP contribution in [0, 0.1) is 6.92 Å². The van der Waals surface area contributed by atoms with Crippen molar-refractivity contribution in [3.8, 4) is 5.75 Å². The third-order valence-corrected chi connectivity index (χ3v) is 4.67. The third kappa shape index (κ3) is 4.22. The molecule has 1 aromatic carbocycles. The summed E-state index contributed by atoms with van der Waals surface area (Å²) in [7, 11) is 1.33. The van der Waals surface area contributed by atoms with Crippen molar-refractivity contribution < 1.29 is 14.3 Å². The summed E-state index contributed by atoms with van der Waals surface area (Å²) in [6.07, 6.45) is 2.10. The predicted octanol–water partition coefficient (Wildman–Crippen LogP) is 4.41. The number of esters is 1. The van der Waals surface area contributed by atoms with E-state index >= 15 is 0 Å². The number of benzene rings is 1. The molecule has 0 amide bonds. The van der Waals surface area contributed by atoms with Gasteiger partial charge in [0.25, 0.3) is 0 Å². The Bertz CT molecular complexity index is 969. The first-order valence-electron chi connectivity index (χ1n) is 8.87. The standard InChI is InChI=1S/C20H22ClN3O3/c1-4-5-10-27-15-7-6-14(16(21)11-15)12-24-13(2)22-19-18(24)9-8-17(23-19)20(25)26-3/h6-9,11H,4-5,10,12H2,1-3H3. The fourth-order valence-electron chi connectivity index (χ4n) is 2.79. The molecule has 0 N–H and O–H groups in total. The molecule has 0 unspecified atom stereocenters. The number of methoxy groups -OCH3 is 1. The highest BCUT2D eigenvalue weighted by atomic mass is 35.5. The summed E-state index contributed by atoms with van der Waals surface area (Å²) < 4.78 is 12.4. The molecule has 0 atom stereocenters. The number of unbranched alkanes of at least 4 members (excludes halogenated alkanes) is 1. The highest BCUT2D eigenvalue weighted by molar-refractivity contribution is 6.31. The first-order chi connectivity index (χ1) is 13.0. The van der Waals surface area contributed by atoms with Gasteiger partial charge in [-0.05, 0) is 43.2 Å². The molecule has 0 spiro atoms. The zero-order chi connectivity index (χ0) is 19.4. The van der Waals surface area contributed by atoms with Crippen LogP contribution >= 0.6 is 11.6 Å². The molecule has 0 aliphatic rings. The number of aryl methyl sites for hydroxylation is 1. The molecule has 0 saturated carbocycles. The molecule has 7 heteroatoms. The maximum Gasteiger partial charge on any atom is 0.356 e. The number of imidazole rings is 1. The van der Waals surface area contributed by atoms with Gasteiger partial charge in [-0.25, -0.2) is 14.8 Å². The molecule has 2 heterocycles. The van der Waals surface area contributed by atoms with Gasteiger partial charge in [0, 0.05) is 5.02 Å². The Kier molecular flexibility index (Phi) is 5.96. The molecule has 0 saturated heterocycles. The van der Waals surface area contributed by atoms with Crippen LogP contribution in [0.5, 0.6) is 5.75 Å². The fraction of sp³-hybridized carbons (Fsp3) is 0.350. The summed E-state index contributed by atoms with van der Waals surface area (Å²) in [6.45, 7) is 5.26. The summed E-state index contributed by atoms with van der Waals surface area (Å²) in [4.78, 5) is 20.4. The van der Waals surface area contributed by atoms with Crippen molar-refractivity contribution in [2.45, 2.75) is 33.2 Å². The van der Waals surface area contributed by atoms with E-state index in [9.17, 15) is 4.79 Å². The summed E-state index contributed by atoms with van der Waals surface area (Å²) in [6, 6.07) is 9.20. The maximum atomic E-state index is 11.7. The summed E-state index contributed by atoms with van der Waals surface area (Å²) >= 11 is 6.46. The molecular weight excluding hydrogens is 366 g/mol. The van der Waals surface area contributed by atoms with Gasteiger partial charge in [0.1, 0.15) is 11.6 Å². The maximum absolute atomic E-state index is 11.7. The van der Waals surface area contributed by atoms with Gasteiger partial charge in [0.05, 0.1) is 25.8 Å². The van der Waals surface area contributed by atoms with Crippen LogP contribution in [0.4, 0.5) is 0 Å². The van der Waals surface area contributed by atoms with Gasteiger partial charge < -0.3 is 14.0 Å². The number of pyridine rings is 1. The first-order valence-corrected chi connectivity index (χ1v) is 9.24. The number of halogens is 1. The van der Waals surface area contributed by atoms with Crippen LogP contribution in [0.25, 0.3) is 11.2 Å². The number of fused-ring (bicyclic) bond motifs is 1. The Morgan fingerprint density at radius 3 is 2.74 bits per heavy atom. The Hall–Kier alpha value is -2.60. The summed E-state index contributed by atoms with van der Waals surface area (Å²) in [5, 5.41) is 0.643. The van der Waals surface area contributed by atoms with E-state index in [2.05, 4.69) is 16.9 Å². The molecule has 27 heavy (non-hydrogen) atoms. The van der Waals surface area contributed by atoms with Gasteiger partial charge in [0.2, 0.25) is 0 Å². The van der Waals surface area contributed by atoms with Crippen molar-refractivity contribution in [1.29, 1.82) is 0 Å². The van der Waals surface area contributed by atoms with E-state index in [0.717, 1.165) is 35.5 Å². The van der Waals surface area contributed by atoms with E-state index in [0.29, 0.717) is 23.8 Å². The molecule has 2 aromatic heterocycles. The van der Waals surface area contributed by atoms with Crippen molar-refractivity contribution in [1.82, 2.24) is 14.5 Å². The quantitative estimate of drug-likeness (QED) is 0.444. The number of hydrogen-bond donors (Lipinski definition) is 0. The fourth-order valence-corrected chi connectivity index (χ4v) is 3.02. The predicted molar refractivity (Wildman–Crippen MR) is 105 cm³/mol. The first kappa shape index (κ1) is 19.2. The lowest BCUT2D eigenvalue weighted by molar-refractivity contribution is 0.0594. The van der Waals surface area contributed by atoms with Gasteiger partial charge in [0.15, 0.2) is 11.3 Å². The smallest absolute Gasteiger partial charge is 0.356 e. The van der Waals surface area contributed by atoms with Crippen molar-refractivity contribution in [2.24, 2.45) is 0 Å². The largest absolute Gasteiger partial charge is 0.494 e. The lowest BCUT2D eigenvalue weighted by Gasteiger charge is -2.11. The normalized spacial score (nSPS) is 11.0. The van der Waals surface area contributed by atoms with Gasteiger partial charge in [-0.1, -0.05) is 31.0 Å². The second-order valence-electron chi connectivity index (χ2n) is 6.23. The van der Waals surface area contributed by atoms with E-state index in [1.807, 2.05) is 35.8 Å². The molecule has 0 aliphatic heterocycles. The number of carbonyl (C=O) groups is 1. The molecule has 0 bridgehead atoms. The van der Waals surface area contributed by atoms with Gasteiger partial charge in [-0.15, -0.1) is 0 Å². The topological polar surface area (TPSA) is 66.2 Å². The molecule has 142 valence electrons. The highest BCUT2D eigenvalue weighted by Crippen LogP contribution is 2.25. The van der Waals surface area contributed by atoms with E-state index < -0.39 is 5.97 Å². The number of nitrogens with zero attached hydrogens (tertiary/aromatic N) is 3. The second-order valence-corrected chi connectivity index (χ2v) is 6.64. The van der Waals surface area contributed by atoms with Crippen LogP contribution in [0.3, 0.4) is 0 Å². The van der Waals surface area contributed by atoms with Crippen molar-refractivity contribution in [3.05, 3.63) is 52.4 Å². The molecule has 3 aromatic rings. The Balaban J connectivity index is 1.86. The van der Waals surface area contributed by atoms with Crippen molar-refractivity contribution >= 4 is 28.7 Å². The van der Waals surface area contributed by atoms with E-state index in [1.54, 1.807) is 6.07 Å². The van der Waals surface area contributed by atoms with Crippen LogP contribution in [0.1, 0.15) is 41.6 Å². The third-order valence-electron chi connectivity index (χ3n) is 4.32. The molecule has 0 fully saturated rings. The lowest BCUT2D eigenvalue weighted by atomic mass is 10.2. The molecule has 0 aliphatic carbocycles. The minimum Gasteiger partial charge on any atom is -0.494 e. The molecule has 6 nitrogen and oxygen atoms in total. The minimum absolute atomic E-state index is 0.237. The lowest BCUT2D eigenvalue weighted by Crippen LogP contribution is -2.05. The van der Waals surface area contributed by atoms with E-state index in [1.165, 1.54) is 7.11 Å². The van der Waals surface area contributed by atoms with Crippen LogP contribution in [-0.2, 0) is 11.3 Å². The molecule has 3 rings (SSSR count). The van der Waals surface area contributed by atoms with Crippen LogP contribution in [-0.4, -0.2) is 34.2 Å². The van der Waals surface area contributed by atoms with Crippen LogP contribution < -0.4 is 4.74 Å². The number of rotatable bonds is 7. The number of carbonyl (C=O) groups excluding carboxylic acids is 1. The van der Waals surface area contributed by atoms with Gasteiger partial charge in [-0.3, -0.25) is 0 Å². The monoisotopic (exact) mass is 387 g/mol. The highest BCUT2D eigenvalue weighted by Gasteiger charge is 2.14. The molecule has 0 radical (unpaired) electrons. The van der Waals surface area contributed by atoms with E-state index in [4.69, 9.17) is 21.1 Å². The minimum atomic E-state index is -0.481. The average Bonchev–Trinajstić information content (AvgIpc) is 2.97. The van der Waals surface area contributed by atoms with Crippen molar-refractivity contribution in [3.63, 3.8) is 0 Å². The van der Waals surface area contributed by atoms with Gasteiger partial charge >= 0.3 is 5.97 Å². The number of ether oxygens (including phenoxy) is 2. The zero-order valence-corrected chi connectivity index (χ0v) is 16.4. The average molecular weight is 388 g/mol. The Morgan fingerprint density at radius 1 is 1.22 bits per heavy atom. The Labute approximate surface area is 163 Å². The van der Waals surface area contributed by atoms with Crippen LogP contribution in [0.2, 0.25) is 5.02 Å². The van der Waals surface area contributed by atoms with Crippen LogP contribution in [0.15, 0.2) is 30.3 Å². The number of hydrogen-bond acceptors (Lipinski definition) is 5. The summed E-state index contributed by atoms with van der Waals surface area (Å²) in [5.74, 6) is 1.08. The summed E-state index contributed by atoms with van der Waals surface area (Å²) in [5.41, 5.74) is 2.53. The zero-order valence-electron chi connectivity index (χ0n) is 15.7. The number of aromatic nitrogens is 3. The molecular formula is C20H22ClN3O3. The SMILES string of the molecule is CCCCOc1ccc(Cn2c(C)nc3nc(C(=O)OC)ccc32)c(Cl)c1. The van der Waals surface area contributed by atoms with Crippen molar-refractivity contribution in [2.75, 3.05) is 13.7 Å². The van der Waals surface area contributed by atoms with E-state index in [-0.39, 0.29) is 5.69 Å². The Morgan fingerprint density at radius 2 is 2.04 bits per heavy atom. The van der Waals surface area contributed by atoms with Gasteiger partial charge in [-0.2, -0.15) is 0 Å². The second kappa shape index (κ2) is 8.39.